The zero-order valence-electron chi connectivity index (χ0n) is 18.0. The number of aromatic nitrogens is 4. The van der Waals surface area contributed by atoms with Crippen LogP contribution in [0.5, 0.6) is 0 Å². The molecule has 1 saturated heterocycles. The van der Waals surface area contributed by atoms with Crippen molar-refractivity contribution in [2.75, 3.05) is 5.32 Å². The summed E-state index contributed by atoms with van der Waals surface area (Å²) >= 11 is 6.04. The number of hydrogen-bond acceptors (Lipinski definition) is 9. The molecule has 0 amide bonds. The number of imidazole rings is 1. The second-order valence-electron chi connectivity index (χ2n) is 7.39. The van der Waals surface area contributed by atoms with Gasteiger partial charge in [0.2, 0.25) is 0 Å². The fourth-order valence-corrected chi connectivity index (χ4v) is 3.89. The lowest BCUT2D eigenvalue weighted by Crippen LogP contribution is -2.38. The minimum Gasteiger partial charge on any atom is -0.455 e. The molecule has 1 fully saturated rings. The largest absolute Gasteiger partial charge is 0.455 e. The van der Waals surface area contributed by atoms with E-state index in [-0.39, 0.29) is 0 Å². The Labute approximate surface area is 194 Å². The van der Waals surface area contributed by atoms with Crippen molar-refractivity contribution in [1.29, 1.82) is 0 Å². The van der Waals surface area contributed by atoms with E-state index < -0.39 is 36.5 Å². The molecule has 3 aromatic rings. The summed E-state index contributed by atoms with van der Waals surface area (Å²) in [5, 5.41) is 3.85. The molecule has 33 heavy (non-hydrogen) atoms. The third kappa shape index (κ3) is 4.46. The van der Waals surface area contributed by atoms with Crippen molar-refractivity contribution in [3.8, 4) is 12.3 Å². The summed E-state index contributed by atoms with van der Waals surface area (Å²) in [5.74, 6) is 1.73. The first-order valence-electron chi connectivity index (χ1n) is 9.95. The Morgan fingerprint density at radius 1 is 1.18 bits per heavy atom. The zero-order valence-corrected chi connectivity index (χ0v) is 18.7. The van der Waals surface area contributed by atoms with E-state index in [1.165, 1.54) is 26.5 Å². The van der Waals surface area contributed by atoms with Crippen LogP contribution < -0.4 is 5.32 Å². The number of nitrogens with one attached hydrogen (secondary N) is 1. The number of fused-ring (bicyclic) bond motifs is 1. The fourth-order valence-electron chi connectivity index (χ4n) is 3.66. The number of carbonyl (C=O) groups excluding carboxylic acids is 2. The summed E-state index contributed by atoms with van der Waals surface area (Å²) in [5.41, 5.74) is 2.57. The van der Waals surface area contributed by atoms with Gasteiger partial charge in [-0.05, 0) is 30.7 Å². The number of terminal acetylenes is 1. The van der Waals surface area contributed by atoms with Crippen LogP contribution in [0.4, 0.5) is 11.5 Å². The molecule has 1 aliphatic rings. The van der Waals surface area contributed by atoms with E-state index in [9.17, 15) is 9.59 Å². The van der Waals surface area contributed by atoms with Crippen molar-refractivity contribution in [2.24, 2.45) is 0 Å². The Kier molecular flexibility index (Phi) is 6.18. The van der Waals surface area contributed by atoms with Crippen LogP contribution in [0.15, 0.2) is 30.9 Å². The van der Waals surface area contributed by atoms with E-state index in [2.05, 4.69) is 26.2 Å². The van der Waals surface area contributed by atoms with Crippen LogP contribution in [-0.2, 0) is 23.8 Å². The number of esters is 2. The van der Waals surface area contributed by atoms with Gasteiger partial charge in [0.25, 0.3) is 0 Å². The lowest BCUT2D eigenvalue weighted by atomic mass is 10.1. The summed E-state index contributed by atoms with van der Waals surface area (Å²) in [6, 6.07) is 5.42. The van der Waals surface area contributed by atoms with Crippen molar-refractivity contribution in [3.05, 3.63) is 41.4 Å². The van der Waals surface area contributed by atoms with Crippen molar-refractivity contribution < 1.29 is 23.8 Å². The monoisotopic (exact) mass is 469 g/mol. The molecule has 10 nitrogen and oxygen atoms in total. The van der Waals surface area contributed by atoms with Gasteiger partial charge in [-0.25, -0.2) is 15.0 Å². The molecule has 1 aromatic carbocycles. The van der Waals surface area contributed by atoms with Crippen molar-refractivity contribution >= 4 is 46.2 Å². The van der Waals surface area contributed by atoms with E-state index in [1.54, 1.807) is 10.6 Å². The highest BCUT2D eigenvalue weighted by Gasteiger charge is 2.50. The van der Waals surface area contributed by atoms with E-state index in [0.29, 0.717) is 22.0 Å². The number of halogens is 1. The summed E-state index contributed by atoms with van der Waals surface area (Å²) in [6.45, 7) is 4.40. The Morgan fingerprint density at radius 3 is 2.58 bits per heavy atom. The quantitative estimate of drug-likeness (QED) is 0.444. The molecular formula is C22H20ClN5O5. The maximum atomic E-state index is 11.8. The Bertz CT molecular complexity index is 1270. The number of benzene rings is 1. The molecule has 4 unspecified atom stereocenters. The molecule has 1 aliphatic heterocycles. The molecule has 4 rings (SSSR count). The highest BCUT2D eigenvalue weighted by atomic mass is 35.5. The summed E-state index contributed by atoms with van der Waals surface area (Å²) in [6.07, 6.45) is 4.57. The van der Waals surface area contributed by atoms with Gasteiger partial charge in [-0.15, -0.1) is 6.42 Å². The average Bonchev–Trinajstić information content (AvgIpc) is 3.31. The van der Waals surface area contributed by atoms with Gasteiger partial charge in [-0.1, -0.05) is 17.5 Å². The highest BCUT2D eigenvalue weighted by molar-refractivity contribution is 6.30. The number of hydrogen-bond donors (Lipinski definition) is 1. The van der Waals surface area contributed by atoms with E-state index in [1.807, 2.05) is 19.1 Å². The smallest absolute Gasteiger partial charge is 0.303 e. The van der Waals surface area contributed by atoms with Crippen LogP contribution in [0.3, 0.4) is 0 Å². The molecule has 170 valence electrons. The lowest BCUT2D eigenvalue weighted by molar-refractivity contribution is -0.165. The number of carbonyl (C=O) groups is 2. The number of rotatable bonds is 5. The van der Waals surface area contributed by atoms with Gasteiger partial charge in [0.15, 0.2) is 41.5 Å². The second kappa shape index (κ2) is 9.05. The molecule has 0 spiro atoms. The molecule has 0 aliphatic carbocycles. The summed E-state index contributed by atoms with van der Waals surface area (Å²) < 4.78 is 18.2. The zero-order chi connectivity index (χ0) is 23.7. The number of ether oxygens (including phenoxy) is 3. The van der Waals surface area contributed by atoms with Crippen molar-refractivity contribution in [1.82, 2.24) is 19.5 Å². The molecule has 4 atom stereocenters. The summed E-state index contributed by atoms with van der Waals surface area (Å²) in [4.78, 5) is 36.4. The average molecular weight is 470 g/mol. The molecule has 1 N–H and O–H groups in total. The van der Waals surface area contributed by atoms with Crippen LogP contribution in [0.2, 0.25) is 5.02 Å². The van der Waals surface area contributed by atoms with Gasteiger partial charge >= 0.3 is 11.9 Å². The SMILES string of the molecule is C#CC1OC(n2cnc3c(Nc4ccc(Cl)cc4C)ncnc32)C(OC(C)=O)C1OC(C)=O. The van der Waals surface area contributed by atoms with Gasteiger partial charge in [-0.2, -0.15) is 0 Å². The Hall–Kier alpha value is -3.68. The Balaban J connectivity index is 1.73. The van der Waals surface area contributed by atoms with E-state index >= 15 is 0 Å². The second-order valence-corrected chi connectivity index (χ2v) is 7.83. The molecule has 3 heterocycles. The molecule has 2 aromatic heterocycles. The maximum Gasteiger partial charge on any atom is 0.303 e. The first-order chi connectivity index (χ1) is 15.8. The molecular weight excluding hydrogens is 450 g/mol. The first-order valence-corrected chi connectivity index (χ1v) is 10.3. The Morgan fingerprint density at radius 2 is 1.91 bits per heavy atom. The molecule has 11 heteroatoms. The topological polar surface area (TPSA) is 117 Å². The normalized spacial score (nSPS) is 22.0. The predicted octanol–water partition coefficient (Wildman–Crippen LogP) is 2.93. The number of nitrogens with zero attached hydrogens (tertiary/aromatic N) is 4. The van der Waals surface area contributed by atoms with Gasteiger partial charge < -0.3 is 19.5 Å². The third-order valence-corrected chi connectivity index (χ3v) is 5.27. The molecule has 0 radical (unpaired) electrons. The van der Waals surface area contributed by atoms with E-state index in [4.69, 9.17) is 32.2 Å². The third-order valence-electron chi connectivity index (χ3n) is 5.03. The van der Waals surface area contributed by atoms with Crippen molar-refractivity contribution in [2.45, 2.75) is 45.3 Å². The fraction of sp³-hybridized carbons (Fsp3) is 0.318. The number of aryl methyl sites for hydroxylation is 1. The molecule has 0 bridgehead atoms. The lowest BCUT2D eigenvalue weighted by Gasteiger charge is -2.23. The summed E-state index contributed by atoms with van der Waals surface area (Å²) in [7, 11) is 0. The van der Waals surface area contributed by atoms with Crippen LogP contribution in [0, 0.1) is 19.3 Å². The van der Waals surface area contributed by atoms with Crippen LogP contribution in [-0.4, -0.2) is 49.8 Å². The van der Waals surface area contributed by atoms with Gasteiger partial charge in [0.1, 0.15) is 6.33 Å². The van der Waals surface area contributed by atoms with Crippen molar-refractivity contribution in [3.63, 3.8) is 0 Å². The molecule has 0 saturated carbocycles. The predicted molar refractivity (Wildman–Crippen MR) is 119 cm³/mol. The minimum atomic E-state index is -1.00. The van der Waals surface area contributed by atoms with Gasteiger partial charge in [0.05, 0.1) is 6.33 Å². The standard InChI is InChI=1S/C22H20ClN5O5/c1-5-16-18(31-12(3)29)19(32-13(4)30)22(33-16)28-10-26-17-20(24-9-25-21(17)28)27-15-7-6-14(23)8-11(15)2/h1,6-10,16,18-19,22H,2-4H3,(H,24,25,27). The first kappa shape index (κ1) is 22.5. The maximum absolute atomic E-state index is 11.8. The van der Waals surface area contributed by atoms with Crippen LogP contribution >= 0.6 is 11.6 Å². The van der Waals surface area contributed by atoms with Crippen LogP contribution in [0.25, 0.3) is 11.2 Å². The minimum absolute atomic E-state index is 0.403. The highest BCUT2D eigenvalue weighted by Crippen LogP contribution is 2.36. The van der Waals surface area contributed by atoms with Crippen LogP contribution in [0.1, 0.15) is 25.6 Å². The number of anilines is 2. The van der Waals surface area contributed by atoms with Gasteiger partial charge in [0, 0.05) is 24.6 Å². The van der Waals surface area contributed by atoms with E-state index in [0.717, 1.165) is 11.3 Å². The van der Waals surface area contributed by atoms with Gasteiger partial charge in [-0.3, -0.25) is 14.2 Å².